The van der Waals surface area contributed by atoms with Gasteiger partial charge in [-0.2, -0.15) is 0 Å². The maximum absolute atomic E-state index is 10.9. The zero-order chi connectivity index (χ0) is 11.1. The molecule has 2 rings (SSSR count). The molecule has 1 saturated carbocycles. The van der Waals surface area contributed by atoms with E-state index in [4.69, 9.17) is 5.11 Å². The molecule has 4 nitrogen and oxygen atoms in total. The highest BCUT2D eigenvalue weighted by Crippen LogP contribution is 2.39. The van der Waals surface area contributed by atoms with Gasteiger partial charge in [0.15, 0.2) is 5.69 Å². The maximum atomic E-state index is 10.9. The van der Waals surface area contributed by atoms with Crippen molar-refractivity contribution in [2.75, 3.05) is 0 Å². The molecular weight excluding hydrogens is 192 g/mol. The average Bonchev–Trinajstić information content (AvgIpc) is 2.72. The number of carboxylic acid groups (broad SMARTS) is 1. The van der Waals surface area contributed by atoms with Crippen molar-refractivity contribution >= 4 is 5.97 Å². The van der Waals surface area contributed by atoms with Crippen LogP contribution in [0.3, 0.4) is 0 Å². The van der Waals surface area contributed by atoms with E-state index in [0.29, 0.717) is 5.69 Å². The van der Waals surface area contributed by atoms with Crippen LogP contribution in [0.2, 0.25) is 0 Å². The second-order valence-electron chi connectivity index (χ2n) is 4.63. The number of carbonyl (C=O) groups is 1. The van der Waals surface area contributed by atoms with Gasteiger partial charge < -0.3 is 10.1 Å². The fourth-order valence-electron chi connectivity index (χ4n) is 2.35. The smallest absolute Gasteiger partial charge is 0.356 e. The van der Waals surface area contributed by atoms with Crippen molar-refractivity contribution < 1.29 is 9.90 Å². The minimum atomic E-state index is -0.948. The van der Waals surface area contributed by atoms with Crippen LogP contribution in [0.1, 0.15) is 54.6 Å². The molecule has 0 unspecified atom stereocenters. The van der Waals surface area contributed by atoms with Gasteiger partial charge in [-0.25, -0.2) is 9.78 Å². The Balaban J connectivity index is 2.37. The molecule has 0 saturated heterocycles. The van der Waals surface area contributed by atoms with Gasteiger partial charge in [0.2, 0.25) is 0 Å². The fourth-order valence-corrected chi connectivity index (χ4v) is 2.35. The molecule has 0 aliphatic heterocycles. The van der Waals surface area contributed by atoms with Gasteiger partial charge in [0.1, 0.15) is 5.82 Å². The van der Waals surface area contributed by atoms with Gasteiger partial charge in [-0.05, 0) is 19.8 Å². The van der Waals surface area contributed by atoms with Gasteiger partial charge in [-0.15, -0.1) is 0 Å². The predicted molar refractivity (Wildman–Crippen MR) is 56.1 cm³/mol. The van der Waals surface area contributed by atoms with E-state index in [1.165, 1.54) is 12.8 Å². The highest BCUT2D eigenvalue weighted by Gasteiger charge is 2.34. The number of aromatic carboxylic acids is 1. The molecule has 0 aromatic carbocycles. The maximum Gasteiger partial charge on any atom is 0.356 e. The Bertz CT molecular complexity index is 389. The number of hydrogen-bond donors (Lipinski definition) is 2. The van der Waals surface area contributed by atoms with Crippen LogP contribution in [-0.4, -0.2) is 21.0 Å². The molecule has 0 atom stereocenters. The number of carboxylic acids is 1. The van der Waals surface area contributed by atoms with Gasteiger partial charge in [0.25, 0.3) is 0 Å². The molecule has 1 heterocycles. The van der Waals surface area contributed by atoms with Crippen molar-refractivity contribution in [1.82, 2.24) is 9.97 Å². The van der Waals surface area contributed by atoms with Gasteiger partial charge in [0, 0.05) is 11.1 Å². The minimum absolute atomic E-state index is 0.0540. The Morgan fingerprint density at radius 1 is 1.47 bits per heavy atom. The molecule has 0 amide bonds. The number of aromatic nitrogens is 2. The second kappa shape index (κ2) is 3.36. The number of imidazole rings is 1. The number of aryl methyl sites for hydroxylation is 1. The number of nitrogens with one attached hydrogen (secondary N) is 1. The zero-order valence-electron chi connectivity index (χ0n) is 9.13. The van der Waals surface area contributed by atoms with E-state index in [2.05, 4.69) is 16.9 Å². The SMILES string of the molecule is Cc1[nH]c(C2(C)CCCC2)nc1C(=O)O. The lowest BCUT2D eigenvalue weighted by molar-refractivity contribution is 0.0690. The van der Waals surface area contributed by atoms with E-state index >= 15 is 0 Å². The normalized spacial score (nSPS) is 19.3. The van der Waals surface area contributed by atoms with Crippen molar-refractivity contribution in [3.8, 4) is 0 Å². The summed E-state index contributed by atoms with van der Waals surface area (Å²) in [4.78, 5) is 18.2. The fraction of sp³-hybridized carbons (Fsp3) is 0.636. The van der Waals surface area contributed by atoms with Crippen LogP contribution in [0.25, 0.3) is 0 Å². The van der Waals surface area contributed by atoms with E-state index < -0.39 is 5.97 Å². The summed E-state index contributed by atoms with van der Waals surface area (Å²) in [5, 5.41) is 8.92. The van der Waals surface area contributed by atoms with Gasteiger partial charge in [-0.1, -0.05) is 19.8 Å². The lowest BCUT2D eigenvalue weighted by Gasteiger charge is -2.19. The second-order valence-corrected chi connectivity index (χ2v) is 4.63. The molecular formula is C11H16N2O2. The van der Waals surface area contributed by atoms with Crippen LogP contribution >= 0.6 is 0 Å². The first-order valence-electron chi connectivity index (χ1n) is 5.33. The topological polar surface area (TPSA) is 66.0 Å². The molecule has 1 aromatic heterocycles. The standard InChI is InChI=1S/C11H16N2O2/c1-7-8(9(14)15)13-10(12-7)11(2)5-3-4-6-11/h3-6H2,1-2H3,(H,12,13)(H,14,15). The Morgan fingerprint density at radius 3 is 2.53 bits per heavy atom. The summed E-state index contributed by atoms with van der Waals surface area (Å²) in [5.41, 5.74) is 0.877. The number of nitrogens with zero attached hydrogens (tertiary/aromatic N) is 1. The largest absolute Gasteiger partial charge is 0.476 e. The molecule has 1 aliphatic carbocycles. The van der Waals surface area contributed by atoms with Crippen LogP contribution in [0, 0.1) is 6.92 Å². The van der Waals surface area contributed by atoms with Crippen LogP contribution in [0.15, 0.2) is 0 Å². The van der Waals surface area contributed by atoms with E-state index in [1.807, 2.05) is 0 Å². The molecule has 15 heavy (non-hydrogen) atoms. The Kier molecular flexibility index (Phi) is 2.29. The van der Waals surface area contributed by atoms with Crippen LogP contribution < -0.4 is 0 Å². The molecule has 1 aliphatic rings. The molecule has 0 spiro atoms. The first-order valence-corrected chi connectivity index (χ1v) is 5.33. The zero-order valence-corrected chi connectivity index (χ0v) is 9.13. The van der Waals surface area contributed by atoms with Gasteiger partial charge >= 0.3 is 5.97 Å². The van der Waals surface area contributed by atoms with E-state index in [0.717, 1.165) is 18.7 Å². The van der Waals surface area contributed by atoms with Crippen molar-refractivity contribution in [2.45, 2.75) is 44.9 Å². The van der Waals surface area contributed by atoms with Gasteiger partial charge in [0.05, 0.1) is 0 Å². The summed E-state index contributed by atoms with van der Waals surface area (Å²) in [7, 11) is 0. The van der Waals surface area contributed by atoms with Crippen molar-refractivity contribution in [3.05, 3.63) is 17.2 Å². The Labute approximate surface area is 88.7 Å². The number of H-pyrrole nitrogens is 1. The predicted octanol–water partition coefficient (Wildman–Crippen LogP) is 2.25. The molecule has 0 radical (unpaired) electrons. The Hall–Kier alpha value is -1.32. The summed E-state index contributed by atoms with van der Waals surface area (Å²) >= 11 is 0. The highest BCUT2D eigenvalue weighted by molar-refractivity contribution is 5.86. The number of hydrogen-bond acceptors (Lipinski definition) is 2. The number of rotatable bonds is 2. The molecule has 0 bridgehead atoms. The molecule has 4 heteroatoms. The number of aromatic amines is 1. The van der Waals surface area contributed by atoms with Crippen molar-refractivity contribution in [2.24, 2.45) is 0 Å². The first-order chi connectivity index (χ1) is 7.03. The van der Waals surface area contributed by atoms with E-state index in [1.54, 1.807) is 6.92 Å². The first kappa shape index (κ1) is 10.2. The Morgan fingerprint density at radius 2 is 2.07 bits per heavy atom. The third-order valence-corrected chi connectivity index (χ3v) is 3.37. The molecule has 1 fully saturated rings. The van der Waals surface area contributed by atoms with Crippen molar-refractivity contribution in [1.29, 1.82) is 0 Å². The summed E-state index contributed by atoms with van der Waals surface area (Å²) in [5.74, 6) is -0.105. The van der Waals surface area contributed by atoms with E-state index in [-0.39, 0.29) is 11.1 Å². The lowest BCUT2D eigenvalue weighted by atomic mass is 9.88. The van der Waals surface area contributed by atoms with E-state index in [9.17, 15) is 4.79 Å². The average molecular weight is 208 g/mol. The lowest BCUT2D eigenvalue weighted by Crippen LogP contribution is -2.18. The van der Waals surface area contributed by atoms with Crippen LogP contribution in [-0.2, 0) is 5.41 Å². The van der Waals surface area contributed by atoms with Crippen LogP contribution in [0.4, 0.5) is 0 Å². The monoisotopic (exact) mass is 208 g/mol. The summed E-state index contributed by atoms with van der Waals surface area (Å²) in [6.45, 7) is 3.92. The van der Waals surface area contributed by atoms with Crippen molar-refractivity contribution in [3.63, 3.8) is 0 Å². The summed E-state index contributed by atoms with van der Waals surface area (Å²) in [6, 6.07) is 0. The van der Waals surface area contributed by atoms with Gasteiger partial charge in [-0.3, -0.25) is 0 Å². The molecule has 82 valence electrons. The summed E-state index contributed by atoms with van der Waals surface area (Å²) < 4.78 is 0. The third kappa shape index (κ3) is 1.64. The third-order valence-electron chi connectivity index (χ3n) is 3.37. The minimum Gasteiger partial charge on any atom is -0.476 e. The quantitative estimate of drug-likeness (QED) is 0.783. The molecule has 1 aromatic rings. The molecule has 2 N–H and O–H groups in total. The highest BCUT2D eigenvalue weighted by atomic mass is 16.4. The summed E-state index contributed by atoms with van der Waals surface area (Å²) in [6.07, 6.45) is 4.61. The van der Waals surface area contributed by atoms with Crippen LogP contribution in [0.5, 0.6) is 0 Å².